The molecule has 3 N–H and O–H groups in total. The molecule has 2 aliphatic rings. The summed E-state index contributed by atoms with van der Waals surface area (Å²) in [6.45, 7) is 3.98. The molecule has 10 nitrogen and oxygen atoms in total. The highest BCUT2D eigenvalue weighted by molar-refractivity contribution is 7.47. The molecule has 4 unspecified atom stereocenters. The number of phosphoric ester groups is 1. The second-order valence-corrected chi connectivity index (χ2v) is 7.70. The zero-order chi connectivity index (χ0) is 18.4. The Kier molecular flexibility index (Phi) is 4.78. The fourth-order valence-corrected chi connectivity index (χ4v) is 4.03. The van der Waals surface area contributed by atoms with Gasteiger partial charge in [0.1, 0.15) is 23.6 Å². The maximum Gasteiger partial charge on any atom is 0.472 e. The Bertz CT molecular complexity index is 769. The van der Waals surface area contributed by atoms with Gasteiger partial charge in [0, 0.05) is 25.3 Å². The first-order valence-electron chi connectivity index (χ1n) is 7.94. The van der Waals surface area contributed by atoms with Gasteiger partial charge in [-0.15, -0.1) is 0 Å². The minimum absolute atomic E-state index is 0.139. The van der Waals surface area contributed by atoms with Crippen molar-refractivity contribution in [2.24, 2.45) is 0 Å². The summed E-state index contributed by atoms with van der Waals surface area (Å²) in [7, 11) is -3.18. The molecule has 2 aliphatic heterocycles. The number of hydrogen-bond donors (Lipinski definition) is 2. The number of phosphoric acid groups is 1. The Morgan fingerprint density at radius 2 is 2.32 bits per heavy atom. The van der Waals surface area contributed by atoms with Crippen molar-refractivity contribution in [3.63, 3.8) is 0 Å². The number of nitrogens with zero attached hydrogens (tertiary/aromatic N) is 2. The molecular weight excluding hydrogens is 353 g/mol. The van der Waals surface area contributed by atoms with Crippen LogP contribution in [-0.2, 0) is 23.1 Å². The Morgan fingerprint density at radius 3 is 2.96 bits per heavy atom. The van der Waals surface area contributed by atoms with Crippen LogP contribution in [0.4, 0.5) is 5.82 Å². The molecule has 25 heavy (non-hydrogen) atoms. The molecule has 2 bridgehead atoms. The summed E-state index contributed by atoms with van der Waals surface area (Å²) in [6, 6.07) is 0. The molecule has 5 atom stereocenters. The second-order valence-electron chi connectivity index (χ2n) is 6.19. The van der Waals surface area contributed by atoms with Crippen molar-refractivity contribution < 1.29 is 28.0 Å². The number of aromatic nitrogens is 2. The lowest BCUT2D eigenvalue weighted by atomic mass is 9.87. The molecule has 2 saturated heterocycles. The lowest BCUT2D eigenvalue weighted by molar-refractivity contribution is -0.120. The molecule has 3 rings (SSSR count). The normalized spacial score (nSPS) is 34.0. The maximum absolute atomic E-state index is 12.3. The minimum atomic E-state index is -4.26. The van der Waals surface area contributed by atoms with Gasteiger partial charge < -0.3 is 20.1 Å². The van der Waals surface area contributed by atoms with Gasteiger partial charge in [-0.25, -0.2) is 9.36 Å². The first-order valence-corrected chi connectivity index (χ1v) is 9.44. The van der Waals surface area contributed by atoms with Crippen molar-refractivity contribution in [1.82, 2.24) is 9.55 Å². The number of aryl methyl sites for hydroxylation is 1. The van der Waals surface area contributed by atoms with Crippen LogP contribution in [-0.4, -0.2) is 46.0 Å². The smallest absolute Gasteiger partial charge is 0.383 e. The molecule has 0 spiro atoms. The summed E-state index contributed by atoms with van der Waals surface area (Å²) in [6.07, 6.45) is 0.0380. The largest absolute Gasteiger partial charge is 0.472 e. The van der Waals surface area contributed by atoms with Gasteiger partial charge >= 0.3 is 13.5 Å². The van der Waals surface area contributed by atoms with Crippen molar-refractivity contribution >= 4 is 13.6 Å². The predicted molar refractivity (Wildman–Crippen MR) is 86.9 cm³/mol. The Labute approximate surface area is 144 Å². The van der Waals surface area contributed by atoms with Crippen LogP contribution >= 0.6 is 7.82 Å². The predicted octanol–water partition coefficient (Wildman–Crippen LogP) is 0.732. The second kappa shape index (κ2) is 6.46. The van der Waals surface area contributed by atoms with Crippen molar-refractivity contribution in [2.45, 2.75) is 50.7 Å². The summed E-state index contributed by atoms with van der Waals surface area (Å²) >= 11 is 0. The van der Waals surface area contributed by atoms with Gasteiger partial charge in [0.15, 0.2) is 6.23 Å². The van der Waals surface area contributed by atoms with Gasteiger partial charge in [-0.2, -0.15) is 4.98 Å². The number of ether oxygens (including phenoxy) is 2. The lowest BCUT2D eigenvalue weighted by Gasteiger charge is -2.37. The molecule has 2 fully saturated rings. The first-order chi connectivity index (χ1) is 11.7. The SMILES string of the molecule is CCC12CCOC(C1OP(=O)(O)OC)[C@H](n1cc(C)c(N)nc1=O)O2. The highest BCUT2D eigenvalue weighted by Crippen LogP contribution is 2.54. The molecule has 1 aromatic rings. The average molecular weight is 375 g/mol. The Balaban J connectivity index is 2.02. The average Bonchev–Trinajstić information content (AvgIpc) is 2.73. The zero-order valence-electron chi connectivity index (χ0n) is 14.2. The number of hydrogen-bond acceptors (Lipinski definition) is 8. The summed E-state index contributed by atoms with van der Waals surface area (Å²) in [4.78, 5) is 25.8. The van der Waals surface area contributed by atoms with Crippen molar-refractivity contribution in [2.75, 3.05) is 19.5 Å². The number of fused-ring (bicyclic) bond motifs is 2. The summed E-state index contributed by atoms with van der Waals surface area (Å²) in [5, 5.41) is 0. The van der Waals surface area contributed by atoms with Crippen LogP contribution in [0.25, 0.3) is 0 Å². The zero-order valence-corrected chi connectivity index (χ0v) is 15.1. The maximum atomic E-state index is 12.3. The van der Waals surface area contributed by atoms with Crippen molar-refractivity contribution in [1.29, 1.82) is 0 Å². The monoisotopic (exact) mass is 375 g/mol. The van der Waals surface area contributed by atoms with E-state index in [0.717, 1.165) is 7.11 Å². The van der Waals surface area contributed by atoms with Gasteiger partial charge in [0.05, 0.1) is 6.61 Å². The molecule has 0 amide bonds. The van der Waals surface area contributed by atoms with E-state index in [9.17, 15) is 14.3 Å². The molecule has 0 aliphatic carbocycles. The van der Waals surface area contributed by atoms with Gasteiger partial charge in [-0.3, -0.25) is 13.6 Å². The van der Waals surface area contributed by atoms with Crippen LogP contribution in [0.2, 0.25) is 0 Å². The molecule has 3 heterocycles. The molecule has 0 radical (unpaired) electrons. The van der Waals surface area contributed by atoms with Gasteiger partial charge in [-0.05, 0) is 13.3 Å². The van der Waals surface area contributed by atoms with E-state index >= 15 is 0 Å². The van der Waals surface area contributed by atoms with E-state index in [1.165, 1.54) is 10.8 Å². The van der Waals surface area contributed by atoms with Gasteiger partial charge in [-0.1, -0.05) is 6.92 Å². The molecular formula is C14H22N3O7P. The van der Waals surface area contributed by atoms with Crippen LogP contribution in [0.3, 0.4) is 0 Å². The van der Waals surface area contributed by atoms with Crippen LogP contribution in [0, 0.1) is 6.92 Å². The Morgan fingerprint density at radius 1 is 1.60 bits per heavy atom. The standard InChI is InChI=1S/C14H22N3O7P/c1-4-14-5-6-22-9(10(14)24-25(19,20)21-3)12(23-14)17-7-8(2)11(15)16-13(17)18/h7,9-10,12H,4-6H2,1-3H3,(H,19,20)(H2,15,16,18)/t9?,10?,12-,14?/m1/s1. The third-order valence-electron chi connectivity index (χ3n) is 4.81. The van der Waals surface area contributed by atoms with Gasteiger partial charge in [0.2, 0.25) is 0 Å². The number of nitrogen functional groups attached to an aromatic ring is 1. The summed E-state index contributed by atoms with van der Waals surface area (Å²) < 4.78 is 35.0. The minimum Gasteiger partial charge on any atom is -0.383 e. The summed E-state index contributed by atoms with van der Waals surface area (Å²) in [5.74, 6) is 0.139. The molecule has 1 aromatic heterocycles. The van der Waals surface area contributed by atoms with Crippen LogP contribution in [0.1, 0.15) is 31.6 Å². The van der Waals surface area contributed by atoms with Crippen LogP contribution in [0.5, 0.6) is 0 Å². The number of anilines is 1. The number of rotatable bonds is 5. The Hall–Kier alpha value is -1.29. The van der Waals surface area contributed by atoms with E-state index in [1.807, 2.05) is 6.92 Å². The fourth-order valence-electron chi connectivity index (χ4n) is 3.34. The van der Waals surface area contributed by atoms with Crippen molar-refractivity contribution in [3.8, 4) is 0 Å². The van der Waals surface area contributed by atoms with E-state index in [4.69, 9.17) is 19.7 Å². The van der Waals surface area contributed by atoms with E-state index in [2.05, 4.69) is 9.51 Å². The van der Waals surface area contributed by atoms with Gasteiger partial charge in [0.25, 0.3) is 0 Å². The van der Waals surface area contributed by atoms with Crippen molar-refractivity contribution in [3.05, 3.63) is 22.2 Å². The van der Waals surface area contributed by atoms with E-state index in [-0.39, 0.29) is 5.82 Å². The first kappa shape index (κ1) is 18.5. The van der Waals surface area contributed by atoms with E-state index in [1.54, 1.807) is 6.92 Å². The molecule has 0 saturated carbocycles. The molecule has 140 valence electrons. The topological polar surface area (TPSA) is 135 Å². The lowest BCUT2D eigenvalue weighted by Crippen LogP contribution is -2.49. The van der Waals surface area contributed by atoms with Crippen LogP contribution < -0.4 is 11.4 Å². The van der Waals surface area contributed by atoms with E-state index in [0.29, 0.717) is 25.0 Å². The quantitative estimate of drug-likeness (QED) is 0.714. The molecule has 0 aromatic carbocycles. The highest BCUT2D eigenvalue weighted by atomic mass is 31.2. The third kappa shape index (κ3) is 3.14. The highest BCUT2D eigenvalue weighted by Gasteiger charge is 2.60. The van der Waals surface area contributed by atoms with Crippen LogP contribution in [0.15, 0.2) is 11.0 Å². The summed E-state index contributed by atoms with van der Waals surface area (Å²) in [5.41, 5.74) is 4.83. The third-order valence-corrected chi connectivity index (χ3v) is 5.77. The van der Waals surface area contributed by atoms with E-state index < -0.39 is 37.5 Å². The number of nitrogens with two attached hydrogens (primary N) is 1. The molecule has 11 heteroatoms. The fraction of sp³-hybridized carbons (Fsp3) is 0.714.